The molecule has 1 fully saturated rings. The zero-order valence-electron chi connectivity index (χ0n) is 15.2. The maximum Gasteiger partial charge on any atom is 0.233 e. The molecule has 6 heteroatoms. The summed E-state index contributed by atoms with van der Waals surface area (Å²) in [7, 11) is 0. The van der Waals surface area contributed by atoms with Crippen molar-refractivity contribution in [1.82, 2.24) is 19.7 Å². The van der Waals surface area contributed by atoms with Gasteiger partial charge in [-0.2, -0.15) is 0 Å². The van der Waals surface area contributed by atoms with Crippen molar-refractivity contribution in [3.05, 3.63) is 30.3 Å². The molecule has 5 nitrogen and oxygen atoms in total. The van der Waals surface area contributed by atoms with Gasteiger partial charge in [0.25, 0.3) is 0 Å². The van der Waals surface area contributed by atoms with Gasteiger partial charge in [-0.3, -0.25) is 4.79 Å². The fourth-order valence-corrected chi connectivity index (χ4v) is 4.47. The standard InChI is InChI=1S/C19H26N4OS/c1-4-22-18(16-11-6-5-7-12-16)20-21-19(22)25-13-17(24)23-14(2)9-8-10-15(23)3/h5-7,11-12,14-15H,4,8-10,13H2,1-3H3. The average Bonchev–Trinajstić information content (AvgIpc) is 3.03. The molecule has 1 saturated heterocycles. The predicted octanol–water partition coefficient (Wildman–Crippen LogP) is 3.85. The van der Waals surface area contributed by atoms with E-state index >= 15 is 0 Å². The first-order valence-electron chi connectivity index (χ1n) is 9.04. The molecule has 1 aliphatic heterocycles. The second-order valence-electron chi connectivity index (χ2n) is 6.64. The molecule has 134 valence electrons. The highest BCUT2D eigenvalue weighted by Gasteiger charge is 2.29. The van der Waals surface area contributed by atoms with Gasteiger partial charge in [0.15, 0.2) is 11.0 Å². The van der Waals surface area contributed by atoms with Gasteiger partial charge in [0.05, 0.1) is 5.75 Å². The zero-order valence-corrected chi connectivity index (χ0v) is 16.0. The van der Waals surface area contributed by atoms with E-state index in [1.54, 1.807) is 0 Å². The molecule has 1 amide bonds. The van der Waals surface area contributed by atoms with Crippen molar-refractivity contribution in [2.75, 3.05) is 5.75 Å². The van der Waals surface area contributed by atoms with Gasteiger partial charge in [0.2, 0.25) is 5.91 Å². The maximum absolute atomic E-state index is 12.7. The van der Waals surface area contributed by atoms with Gasteiger partial charge in [0, 0.05) is 24.2 Å². The van der Waals surface area contributed by atoms with E-state index in [1.807, 2.05) is 30.3 Å². The van der Waals surface area contributed by atoms with E-state index in [-0.39, 0.29) is 5.91 Å². The first-order valence-corrected chi connectivity index (χ1v) is 10.0. The molecule has 3 rings (SSSR count). The predicted molar refractivity (Wildman–Crippen MR) is 101 cm³/mol. The molecule has 2 aromatic rings. The van der Waals surface area contributed by atoms with Crippen LogP contribution in [0.5, 0.6) is 0 Å². The van der Waals surface area contributed by atoms with E-state index < -0.39 is 0 Å². The summed E-state index contributed by atoms with van der Waals surface area (Å²) < 4.78 is 2.08. The smallest absolute Gasteiger partial charge is 0.233 e. The summed E-state index contributed by atoms with van der Waals surface area (Å²) in [6.07, 6.45) is 3.41. The Morgan fingerprint density at radius 1 is 1.16 bits per heavy atom. The number of rotatable bonds is 5. The minimum atomic E-state index is 0.205. The SMILES string of the molecule is CCn1c(SCC(=O)N2C(C)CCCC2C)nnc1-c1ccccc1. The molecule has 1 aromatic carbocycles. The Balaban J connectivity index is 1.71. The van der Waals surface area contributed by atoms with Crippen LogP contribution in [-0.4, -0.2) is 43.4 Å². The van der Waals surface area contributed by atoms with Crippen LogP contribution in [0.4, 0.5) is 0 Å². The van der Waals surface area contributed by atoms with Crippen LogP contribution >= 0.6 is 11.8 Å². The summed E-state index contributed by atoms with van der Waals surface area (Å²) in [4.78, 5) is 14.8. The lowest BCUT2D eigenvalue weighted by Crippen LogP contribution is -2.48. The zero-order chi connectivity index (χ0) is 17.8. The number of nitrogens with zero attached hydrogens (tertiary/aromatic N) is 4. The Morgan fingerprint density at radius 3 is 2.48 bits per heavy atom. The number of carbonyl (C=O) groups excluding carboxylic acids is 1. The largest absolute Gasteiger partial charge is 0.337 e. The lowest BCUT2D eigenvalue weighted by atomic mass is 9.98. The van der Waals surface area contributed by atoms with Crippen molar-refractivity contribution in [3.8, 4) is 11.4 Å². The highest BCUT2D eigenvalue weighted by atomic mass is 32.2. The highest BCUT2D eigenvalue weighted by Crippen LogP contribution is 2.27. The van der Waals surface area contributed by atoms with E-state index in [1.165, 1.54) is 18.2 Å². The molecular formula is C19H26N4OS. The van der Waals surface area contributed by atoms with E-state index in [0.717, 1.165) is 35.9 Å². The Kier molecular flexibility index (Phi) is 5.78. The van der Waals surface area contributed by atoms with Crippen molar-refractivity contribution in [3.63, 3.8) is 0 Å². The molecule has 2 atom stereocenters. The molecule has 2 unspecified atom stereocenters. The van der Waals surface area contributed by atoms with Crippen LogP contribution in [0.15, 0.2) is 35.5 Å². The first-order chi connectivity index (χ1) is 12.1. The van der Waals surface area contributed by atoms with Crippen LogP contribution in [-0.2, 0) is 11.3 Å². The van der Waals surface area contributed by atoms with Crippen LogP contribution in [0.3, 0.4) is 0 Å². The first kappa shape index (κ1) is 18.0. The number of aromatic nitrogens is 3. The van der Waals surface area contributed by atoms with Crippen molar-refractivity contribution >= 4 is 17.7 Å². The van der Waals surface area contributed by atoms with Crippen LogP contribution in [0.25, 0.3) is 11.4 Å². The normalized spacial score (nSPS) is 20.7. The van der Waals surface area contributed by atoms with Crippen molar-refractivity contribution in [2.24, 2.45) is 0 Å². The number of amides is 1. The van der Waals surface area contributed by atoms with E-state index in [2.05, 4.69) is 40.4 Å². The molecule has 0 saturated carbocycles. The third kappa shape index (κ3) is 3.89. The van der Waals surface area contributed by atoms with Gasteiger partial charge in [0.1, 0.15) is 0 Å². The average molecular weight is 359 g/mol. The summed E-state index contributed by atoms with van der Waals surface area (Å²) in [5.74, 6) is 1.48. The Morgan fingerprint density at radius 2 is 1.84 bits per heavy atom. The molecule has 0 aliphatic carbocycles. The summed E-state index contributed by atoms with van der Waals surface area (Å²) in [6, 6.07) is 10.7. The quantitative estimate of drug-likeness (QED) is 0.762. The second kappa shape index (κ2) is 8.04. The molecule has 0 radical (unpaired) electrons. The van der Waals surface area contributed by atoms with Crippen LogP contribution in [0.1, 0.15) is 40.0 Å². The third-order valence-corrected chi connectivity index (χ3v) is 5.82. The molecule has 1 aromatic heterocycles. The molecule has 2 heterocycles. The minimum absolute atomic E-state index is 0.205. The Bertz CT molecular complexity index is 705. The van der Waals surface area contributed by atoms with Gasteiger partial charge in [-0.05, 0) is 40.0 Å². The highest BCUT2D eigenvalue weighted by molar-refractivity contribution is 7.99. The molecule has 1 aliphatic rings. The molecule has 0 spiro atoms. The molecular weight excluding hydrogens is 332 g/mol. The minimum Gasteiger partial charge on any atom is -0.337 e. The van der Waals surface area contributed by atoms with Crippen molar-refractivity contribution in [2.45, 2.75) is 63.8 Å². The van der Waals surface area contributed by atoms with E-state index in [0.29, 0.717) is 17.8 Å². The maximum atomic E-state index is 12.7. The summed E-state index contributed by atoms with van der Waals surface area (Å²) in [5, 5.41) is 9.48. The number of hydrogen-bond donors (Lipinski definition) is 0. The number of likely N-dealkylation sites (tertiary alicyclic amines) is 1. The lowest BCUT2D eigenvalue weighted by Gasteiger charge is -2.39. The molecule has 0 bridgehead atoms. The summed E-state index contributed by atoms with van der Waals surface area (Å²) >= 11 is 1.49. The Hall–Kier alpha value is -1.82. The summed E-state index contributed by atoms with van der Waals surface area (Å²) in [5.41, 5.74) is 1.05. The monoisotopic (exact) mass is 358 g/mol. The topological polar surface area (TPSA) is 51.0 Å². The van der Waals surface area contributed by atoms with Crippen LogP contribution in [0.2, 0.25) is 0 Å². The lowest BCUT2D eigenvalue weighted by molar-refractivity contribution is -0.134. The number of piperidine rings is 1. The van der Waals surface area contributed by atoms with E-state index in [9.17, 15) is 4.79 Å². The van der Waals surface area contributed by atoms with Crippen LogP contribution < -0.4 is 0 Å². The number of carbonyl (C=O) groups is 1. The van der Waals surface area contributed by atoms with Gasteiger partial charge < -0.3 is 9.47 Å². The van der Waals surface area contributed by atoms with Gasteiger partial charge in [-0.25, -0.2) is 0 Å². The number of thioether (sulfide) groups is 1. The van der Waals surface area contributed by atoms with Gasteiger partial charge in [-0.1, -0.05) is 42.1 Å². The third-order valence-electron chi connectivity index (χ3n) is 4.87. The Labute approximate surface area is 153 Å². The fourth-order valence-electron chi connectivity index (χ4n) is 3.60. The van der Waals surface area contributed by atoms with E-state index in [4.69, 9.17) is 0 Å². The number of benzene rings is 1. The van der Waals surface area contributed by atoms with Gasteiger partial charge >= 0.3 is 0 Å². The summed E-state index contributed by atoms with van der Waals surface area (Å²) in [6.45, 7) is 7.17. The fraction of sp³-hybridized carbons (Fsp3) is 0.526. The second-order valence-corrected chi connectivity index (χ2v) is 7.58. The molecule has 25 heavy (non-hydrogen) atoms. The van der Waals surface area contributed by atoms with Crippen molar-refractivity contribution < 1.29 is 4.79 Å². The molecule has 0 N–H and O–H groups in total. The number of hydrogen-bond acceptors (Lipinski definition) is 4. The van der Waals surface area contributed by atoms with Crippen LogP contribution in [0, 0.1) is 0 Å². The van der Waals surface area contributed by atoms with Gasteiger partial charge in [-0.15, -0.1) is 10.2 Å². The van der Waals surface area contributed by atoms with Crippen molar-refractivity contribution in [1.29, 1.82) is 0 Å².